The maximum atomic E-state index is 9.66. The number of rotatable bonds is 4. The zero-order valence-electron chi connectivity index (χ0n) is 8.48. The van der Waals surface area contributed by atoms with Crippen molar-refractivity contribution >= 4 is 15.7 Å². The summed E-state index contributed by atoms with van der Waals surface area (Å²) in [4.78, 5) is 0. The molecule has 0 aromatic heterocycles. The van der Waals surface area contributed by atoms with Crippen LogP contribution >= 0.6 is 0 Å². The van der Waals surface area contributed by atoms with Crippen LogP contribution in [0.5, 0.6) is 11.5 Å². The van der Waals surface area contributed by atoms with Gasteiger partial charge in [-0.1, -0.05) is 0 Å². The molecule has 0 spiro atoms. The van der Waals surface area contributed by atoms with Crippen LogP contribution in [0, 0.1) is 0 Å². The number of hydrogen-bond donors (Lipinski definition) is 1. The summed E-state index contributed by atoms with van der Waals surface area (Å²) in [5.41, 5.74) is 0. The Morgan fingerprint density at radius 1 is 0.688 bits per heavy atom. The van der Waals surface area contributed by atoms with Crippen LogP contribution in [-0.2, 0) is 0 Å². The van der Waals surface area contributed by atoms with E-state index in [1.54, 1.807) is 24.3 Å². The van der Waals surface area contributed by atoms with E-state index in [0.717, 1.165) is 0 Å². The normalized spacial score (nSPS) is 10.1. The SMILES string of the molecule is O[As](Oc1ccccc1)Oc1ccccc1. The molecular formula is C12H11AsO3. The second-order valence-corrected chi connectivity index (χ2v) is 4.81. The Morgan fingerprint density at radius 3 is 1.44 bits per heavy atom. The van der Waals surface area contributed by atoms with Gasteiger partial charge in [0.2, 0.25) is 0 Å². The van der Waals surface area contributed by atoms with E-state index in [1.165, 1.54) is 0 Å². The van der Waals surface area contributed by atoms with Crippen LogP contribution < -0.4 is 7.45 Å². The molecule has 0 saturated carbocycles. The first-order valence-electron chi connectivity index (χ1n) is 4.79. The summed E-state index contributed by atoms with van der Waals surface area (Å²) in [5.74, 6) is 1.25. The molecule has 0 aliphatic carbocycles. The van der Waals surface area contributed by atoms with Crippen molar-refractivity contribution in [3.63, 3.8) is 0 Å². The van der Waals surface area contributed by atoms with E-state index in [2.05, 4.69) is 0 Å². The second-order valence-electron chi connectivity index (χ2n) is 3.05. The number of benzene rings is 2. The summed E-state index contributed by atoms with van der Waals surface area (Å²) in [6.45, 7) is 0. The third-order valence-electron chi connectivity index (χ3n) is 1.85. The van der Waals surface area contributed by atoms with Gasteiger partial charge in [0.15, 0.2) is 0 Å². The van der Waals surface area contributed by atoms with Crippen molar-refractivity contribution in [2.45, 2.75) is 0 Å². The Morgan fingerprint density at radius 2 is 1.06 bits per heavy atom. The molecule has 4 heteroatoms. The van der Waals surface area contributed by atoms with Crippen molar-refractivity contribution in [1.82, 2.24) is 0 Å². The van der Waals surface area contributed by atoms with Crippen LogP contribution in [0.2, 0.25) is 0 Å². The minimum atomic E-state index is -2.72. The zero-order chi connectivity index (χ0) is 11.2. The van der Waals surface area contributed by atoms with Gasteiger partial charge in [-0.3, -0.25) is 0 Å². The molecule has 0 radical (unpaired) electrons. The predicted octanol–water partition coefficient (Wildman–Crippen LogP) is 2.12. The predicted molar refractivity (Wildman–Crippen MR) is 62.1 cm³/mol. The van der Waals surface area contributed by atoms with Gasteiger partial charge in [0.05, 0.1) is 0 Å². The van der Waals surface area contributed by atoms with Crippen LogP contribution in [0.15, 0.2) is 60.7 Å². The maximum absolute atomic E-state index is 9.66. The molecule has 3 nitrogen and oxygen atoms in total. The fourth-order valence-electron chi connectivity index (χ4n) is 1.16. The quantitative estimate of drug-likeness (QED) is 0.871. The summed E-state index contributed by atoms with van der Waals surface area (Å²) in [6.07, 6.45) is 0. The molecular weight excluding hydrogens is 267 g/mol. The molecule has 0 bridgehead atoms. The number of hydrogen-bond acceptors (Lipinski definition) is 3. The van der Waals surface area contributed by atoms with E-state index in [0.29, 0.717) is 11.5 Å². The molecule has 2 aromatic carbocycles. The molecule has 82 valence electrons. The fourth-order valence-corrected chi connectivity index (χ4v) is 2.51. The molecule has 0 fully saturated rings. The molecule has 0 atom stereocenters. The Balaban J connectivity index is 1.92. The van der Waals surface area contributed by atoms with Crippen molar-refractivity contribution in [3.8, 4) is 11.5 Å². The van der Waals surface area contributed by atoms with Crippen molar-refractivity contribution in [1.29, 1.82) is 0 Å². The summed E-state index contributed by atoms with van der Waals surface area (Å²) >= 11 is -2.72. The van der Waals surface area contributed by atoms with Crippen LogP contribution in [0.25, 0.3) is 0 Å². The van der Waals surface area contributed by atoms with E-state index in [9.17, 15) is 4.10 Å². The molecule has 0 saturated heterocycles. The monoisotopic (exact) mass is 278 g/mol. The van der Waals surface area contributed by atoms with E-state index < -0.39 is 15.7 Å². The molecule has 0 amide bonds. The first-order valence-corrected chi connectivity index (χ1v) is 7.17. The summed E-state index contributed by atoms with van der Waals surface area (Å²) in [5, 5.41) is 0. The van der Waals surface area contributed by atoms with Crippen LogP contribution in [0.3, 0.4) is 0 Å². The Kier molecular flexibility index (Phi) is 3.86. The second kappa shape index (κ2) is 5.59. The average Bonchev–Trinajstić information content (AvgIpc) is 2.31. The first kappa shape index (κ1) is 11.1. The summed E-state index contributed by atoms with van der Waals surface area (Å²) < 4.78 is 20.3. The van der Waals surface area contributed by atoms with Gasteiger partial charge in [-0.05, 0) is 0 Å². The van der Waals surface area contributed by atoms with Crippen molar-refractivity contribution < 1.29 is 11.5 Å². The van der Waals surface area contributed by atoms with E-state index >= 15 is 0 Å². The molecule has 0 aliphatic heterocycles. The molecule has 0 unspecified atom stereocenters. The van der Waals surface area contributed by atoms with Crippen molar-refractivity contribution in [2.24, 2.45) is 0 Å². The first-order chi connectivity index (χ1) is 7.84. The van der Waals surface area contributed by atoms with Gasteiger partial charge in [0.25, 0.3) is 0 Å². The fraction of sp³-hybridized carbons (Fsp3) is 0. The molecule has 1 N–H and O–H groups in total. The topological polar surface area (TPSA) is 38.7 Å². The Hall–Kier alpha value is -1.44. The molecule has 2 rings (SSSR count). The van der Waals surface area contributed by atoms with Gasteiger partial charge in [-0.25, -0.2) is 0 Å². The van der Waals surface area contributed by atoms with Gasteiger partial charge >= 0.3 is 99.4 Å². The third kappa shape index (κ3) is 3.30. The molecule has 0 aliphatic rings. The van der Waals surface area contributed by atoms with E-state index in [4.69, 9.17) is 7.45 Å². The van der Waals surface area contributed by atoms with E-state index in [-0.39, 0.29) is 0 Å². The van der Waals surface area contributed by atoms with Crippen molar-refractivity contribution in [3.05, 3.63) is 60.7 Å². The van der Waals surface area contributed by atoms with Gasteiger partial charge in [-0.15, -0.1) is 0 Å². The Bertz CT molecular complexity index is 377. The summed E-state index contributed by atoms with van der Waals surface area (Å²) in [6, 6.07) is 18.3. The Labute approximate surface area is 99.6 Å². The standard InChI is InChI=1S/C12H11AsO3/c14-13(15-11-7-3-1-4-8-11)16-12-9-5-2-6-10-12/h1-10,14H. The van der Waals surface area contributed by atoms with Gasteiger partial charge < -0.3 is 0 Å². The van der Waals surface area contributed by atoms with Crippen LogP contribution in [0.4, 0.5) is 0 Å². The van der Waals surface area contributed by atoms with E-state index in [1.807, 2.05) is 36.4 Å². The number of para-hydroxylation sites is 2. The minimum absolute atomic E-state index is 0.626. The molecule has 0 heterocycles. The van der Waals surface area contributed by atoms with Gasteiger partial charge in [-0.2, -0.15) is 0 Å². The zero-order valence-corrected chi connectivity index (χ0v) is 10.4. The van der Waals surface area contributed by atoms with Gasteiger partial charge in [0.1, 0.15) is 0 Å². The van der Waals surface area contributed by atoms with Crippen molar-refractivity contribution in [2.75, 3.05) is 0 Å². The van der Waals surface area contributed by atoms with Crippen LogP contribution in [0.1, 0.15) is 0 Å². The van der Waals surface area contributed by atoms with Crippen LogP contribution in [-0.4, -0.2) is 19.8 Å². The average molecular weight is 278 g/mol. The summed E-state index contributed by atoms with van der Waals surface area (Å²) in [7, 11) is 0. The van der Waals surface area contributed by atoms with Gasteiger partial charge in [0, 0.05) is 0 Å². The third-order valence-corrected chi connectivity index (χ3v) is 3.39. The molecule has 2 aromatic rings. The molecule has 16 heavy (non-hydrogen) atoms.